The Morgan fingerprint density at radius 3 is 1.57 bits per heavy atom. The number of carbonyl (C=O) groups excluding carboxylic acids is 2. The van der Waals surface area contributed by atoms with Gasteiger partial charge < -0.3 is 9.47 Å². The number of allylic oxidation sites excluding steroid dienone is 6. The van der Waals surface area contributed by atoms with Crippen LogP contribution in [0.5, 0.6) is 5.75 Å². The summed E-state index contributed by atoms with van der Waals surface area (Å²) in [6.07, 6.45) is 10.5. The molecule has 0 saturated heterocycles. The molecule has 0 fully saturated rings. The minimum Gasteiger partial charge on any atom is -0.458 e. The van der Waals surface area contributed by atoms with E-state index in [2.05, 4.69) is 92.7 Å². The molecule has 0 atom stereocenters. The third kappa shape index (κ3) is 15.3. The fourth-order valence-electron chi connectivity index (χ4n) is 5.31. The van der Waals surface area contributed by atoms with E-state index in [1.54, 1.807) is 24.3 Å². The highest BCUT2D eigenvalue weighted by Crippen LogP contribution is 2.22. The van der Waals surface area contributed by atoms with Crippen LogP contribution in [0.25, 0.3) is 10.8 Å². The topological polar surface area (TPSA) is 52.6 Å². The number of rotatable bonds is 8. The highest BCUT2D eigenvalue weighted by atomic mass is 16.5. The fourth-order valence-corrected chi connectivity index (χ4v) is 5.31. The Bertz CT molecular complexity index is 2690. The molecule has 0 N–H and O–H groups in total. The van der Waals surface area contributed by atoms with E-state index in [1.807, 2.05) is 119 Å². The molecule has 302 valence electrons. The van der Waals surface area contributed by atoms with Crippen LogP contribution in [-0.2, 0) is 27.4 Å². The molecule has 5 aromatic rings. The number of esters is 2. The second-order valence-electron chi connectivity index (χ2n) is 12.5. The molecular formula is C57H50O4. The van der Waals surface area contributed by atoms with Gasteiger partial charge >= 0.3 is 11.9 Å². The summed E-state index contributed by atoms with van der Waals surface area (Å²) >= 11 is 0. The van der Waals surface area contributed by atoms with Gasteiger partial charge in [-0.3, -0.25) is 0 Å². The molecule has 0 heterocycles. The first-order valence-corrected chi connectivity index (χ1v) is 19.9. The molecule has 0 radical (unpaired) electrons. The highest BCUT2D eigenvalue weighted by Gasteiger charge is 2.04. The number of carbonyl (C=O) groups is 2. The lowest BCUT2D eigenvalue weighted by molar-refractivity contribution is -0.139. The van der Waals surface area contributed by atoms with Crippen LogP contribution in [0.1, 0.15) is 79.1 Å². The van der Waals surface area contributed by atoms with Crippen LogP contribution in [0.3, 0.4) is 0 Å². The van der Waals surface area contributed by atoms with E-state index in [-0.39, 0.29) is 6.61 Å². The minimum absolute atomic E-state index is 0.224. The summed E-state index contributed by atoms with van der Waals surface area (Å²) in [5.41, 5.74) is 9.44. The van der Waals surface area contributed by atoms with Crippen molar-refractivity contribution in [1.29, 1.82) is 0 Å². The zero-order valence-electron chi connectivity index (χ0n) is 35.7. The standard InChI is InChI=1S/C28H20O2.C27H24O2.C2H6/c1-4-21(5-2)11-15-23-17-18-24(27-10-8-7-9-26(23)27)16-12-22-13-19-25(20-14-22)30-28(29)6-3;1-5-21(6-2)9-12-23-16-18-26(25(7-3)19-23)17-15-22-10-13-24(14-11-22)20-29-27(28)8-4;1-2/h4-10,13-14,17-20H,1,3H2,2H3;5-6,8,10-11,13-14,16,18-19H,1,4,7,20H2,2-3H3;1-2H3/b21-5+;21-6+;. The van der Waals surface area contributed by atoms with E-state index >= 15 is 0 Å². The summed E-state index contributed by atoms with van der Waals surface area (Å²) < 4.78 is 10.1. The molecule has 61 heavy (non-hydrogen) atoms. The Hall–Kier alpha value is -8.02. The predicted octanol–water partition coefficient (Wildman–Crippen LogP) is 12.2. The summed E-state index contributed by atoms with van der Waals surface area (Å²) in [4.78, 5) is 22.4. The molecule has 0 aliphatic carbocycles. The van der Waals surface area contributed by atoms with Gasteiger partial charge in [-0.1, -0.05) is 155 Å². The van der Waals surface area contributed by atoms with Gasteiger partial charge in [0.2, 0.25) is 0 Å². The van der Waals surface area contributed by atoms with Gasteiger partial charge in [0.1, 0.15) is 12.4 Å². The maximum atomic E-state index is 11.3. The van der Waals surface area contributed by atoms with Gasteiger partial charge in [0, 0.05) is 56.7 Å². The lowest BCUT2D eigenvalue weighted by Crippen LogP contribution is -2.02. The monoisotopic (exact) mass is 798 g/mol. The van der Waals surface area contributed by atoms with Crippen LogP contribution in [0, 0.1) is 47.4 Å². The van der Waals surface area contributed by atoms with Gasteiger partial charge in [0.05, 0.1) is 0 Å². The molecule has 0 spiro atoms. The number of hydrogen-bond acceptors (Lipinski definition) is 4. The average molecular weight is 799 g/mol. The largest absolute Gasteiger partial charge is 0.458 e. The molecule has 0 unspecified atom stereocenters. The van der Waals surface area contributed by atoms with Crippen LogP contribution >= 0.6 is 0 Å². The molecule has 0 aromatic heterocycles. The zero-order chi connectivity index (χ0) is 44.4. The summed E-state index contributed by atoms with van der Waals surface area (Å²) in [6, 6.07) is 32.9. The second kappa shape index (κ2) is 26.1. The first-order valence-electron chi connectivity index (χ1n) is 19.9. The van der Waals surface area contributed by atoms with Crippen molar-refractivity contribution >= 4 is 22.7 Å². The lowest BCUT2D eigenvalue weighted by Gasteiger charge is -2.04. The van der Waals surface area contributed by atoms with E-state index in [1.165, 1.54) is 0 Å². The Labute approximate surface area is 362 Å². The number of aryl methyl sites for hydroxylation is 1. The van der Waals surface area contributed by atoms with Crippen LogP contribution < -0.4 is 4.74 Å². The number of hydrogen-bond donors (Lipinski definition) is 0. The molecular weight excluding hydrogens is 749 g/mol. The van der Waals surface area contributed by atoms with Gasteiger partial charge in [-0.25, -0.2) is 9.59 Å². The molecule has 4 nitrogen and oxygen atoms in total. The predicted molar refractivity (Wildman–Crippen MR) is 253 cm³/mol. The Morgan fingerprint density at radius 2 is 1.05 bits per heavy atom. The highest BCUT2D eigenvalue weighted by molar-refractivity contribution is 5.93. The molecule has 0 aliphatic heterocycles. The Balaban J connectivity index is 0.000000313. The first-order chi connectivity index (χ1) is 29.7. The third-order valence-electron chi connectivity index (χ3n) is 8.59. The number of ether oxygens (including phenoxy) is 2. The minimum atomic E-state index is -0.488. The van der Waals surface area contributed by atoms with E-state index < -0.39 is 11.9 Å². The molecule has 0 amide bonds. The number of fused-ring (bicyclic) bond motifs is 1. The smallest absolute Gasteiger partial charge is 0.335 e. The van der Waals surface area contributed by atoms with Gasteiger partial charge in [-0.05, 0) is 109 Å². The van der Waals surface area contributed by atoms with E-state index in [0.717, 1.165) is 85.0 Å². The molecule has 0 bridgehead atoms. The van der Waals surface area contributed by atoms with Crippen LogP contribution in [0.15, 0.2) is 177 Å². The van der Waals surface area contributed by atoms with Crippen molar-refractivity contribution in [2.45, 2.75) is 47.6 Å². The molecule has 0 aliphatic rings. The van der Waals surface area contributed by atoms with Gasteiger partial charge in [0.25, 0.3) is 0 Å². The quantitative estimate of drug-likeness (QED) is 0.0516. The first kappa shape index (κ1) is 47.4. The number of benzene rings is 5. The third-order valence-corrected chi connectivity index (χ3v) is 8.59. The summed E-state index contributed by atoms with van der Waals surface area (Å²) in [7, 11) is 0. The molecule has 0 saturated carbocycles. The van der Waals surface area contributed by atoms with Crippen molar-refractivity contribution < 1.29 is 19.1 Å². The lowest BCUT2D eigenvalue weighted by atomic mass is 9.99. The van der Waals surface area contributed by atoms with Crippen molar-refractivity contribution in [3.63, 3.8) is 0 Å². The summed E-state index contributed by atoms with van der Waals surface area (Å²) in [5.74, 6) is 25.0. The Morgan fingerprint density at radius 1 is 0.557 bits per heavy atom. The maximum Gasteiger partial charge on any atom is 0.335 e. The Kier molecular flexibility index (Phi) is 20.2. The van der Waals surface area contributed by atoms with Gasteiger partial charge in [0.15, 0.2) is 0 Å². The molecule has 5 rings (SSSR count). The SMILES string of the molecule is C=CC(=O)OCc1ccc(C#Cc2ccc(C#C/C(C=C)=C/C)cc2CC)cc1.C=CC(=O)Oc1ccc(C#Cc2ccc(C#C/C(C=C)=C/C)c3ccccc23)cc1.CC. The van der Waals surface area contributed by atoms with E-state index in [0.29, 0.717) is 5.75 Å². The second-order valence-corrected chi connectivity index (χ2v) is 12.5. The zero-order valence-corrected chi connectivity index (χ0v) is 35.7. The molecule has 5 aromatic carbocycles. The summed E-state index contributed by atoms with van der Waals surface area (Å²) in [6.45, 7) is 24.5. The normalized spacial score (nSPS) is 9.92. The van der Waals surface area contributed by atoms with Crippen LogP contribution in [-0.4, -0.2) is 11.9 Å². The van der Waals surface area contributed by atoms with Crippen molar-refractivity contribution in [2.24, 2.45) is 0 Å². The van der Waals surface area contributed by atoms with E-state index in [9.17, 15) is 9.59 Å². The van der Waals surface area contributed by atoms with E-state index in [4.69, 9.17) is 9.47 Å². The molecule has 4 heteroatoms. The van der Waals surface area contributed by atoms with Crippen molar-refractivity contribution in [3.05, 3.63) is 222 Å². The van der Waals surface area contributed by atoms with Crippen LogP contribution in [0.2, 0.25) is 0 Å². The van der Waals surface area contributed by atoms with Gasteiger partial charge in [-0.15, -0.1) is 0 Å². The maximum absolute atomic E-state index is 11.3. The summed E-state index contributed by atoms with van der Waals surface area (Å²) in [5, 5.41) is 2.11. The van der Waals surface area contributed by atoms with Gasteiger partial charge in [-0.2, -0.15) is 0 Å². The van der Waals surface area contributed by atoms with Crippen molar-refractivity contribution in [1.82, 2.24) is 0 Å². The van der Waals surface area contributed by atoms with Crippen molar-refractivity contribution in [3.8, 4) is 53.1 Å². The average Bonchev–Trinajstić information content (AvgIpc) is 3.32. The fraction of sp³-hybridized carbons (Fsp3) is 0.123. The van der Waals surface area contributed by atoms with Crippen molar-refractivity contribution in [2.75, 3.05) is 0 Å². The van der Waals surface area contributed by atoms with Crippen LogP contribution in [0.4, 0.5) is 0 Å².